The number of anilines is 1. The summed E-state index contributed by atoms with van der Waals surface area (Å²) in [6.45, 7) is 4.83. The van der Waals surface area contributed by atoms with Crippen LogP contribution in [-0.2, 0) is 26.1 Å². The third kappa shape index (κ3) is 5.13. The van der Waals surface area contributed by atoms with E-state index in [1.165, 1.54) is 4.57 Å². The van der Waals surface area contributed by atoms with Gasteiger partial charge in [0.05, 0.1) is 29.3 Å². The van der Waals surface area contributed by atoms with Gasteiger partial charge in [0.25, 0.3) is 0 Å². The van der Waals surface area contributed by atoms with Crippen LogP contribution < -0.4 is 21.2 Å². The van der Waals surface area contributed by atoms with Crippen molar-refractivity contribution in [3.05, 3.63) is 28.7 Å². The quantitative estimate of drug-likeness (QED) is 0.532. The Labute approximate surface area is 222 Å². The molecule has 4 heterocycles. The van der Waals surface area contributed by atoms with Crippen LogP contribution in [0.5, 0.6) is 0 Å². The minimum Gasteiger partial charge on any atom is -0.378 e. The van der Waals surface area contributed by atoms with Crippen LogP contribution in [0.25, 0.3) is 11.0 Å². The van der Waals surface area contributed by atoms with Gasteiger partial charge in [0.15, 0.2) is 0 Å². The number of amides is 2. The van der Waals surface area contributed by atoms with Crippen molar-refractivity contribution in [1.82, 2.24) is 19.8 Å². The maximum absolute atomic E-state index is 13.0. The Kier molecular flexibility index (Phi) is 7.29. The average molecular weight is 526 g/mol. The van der Waals surface area contributed by atoms with Crippen molar-refractivity contribution >= 4 is 28.5 Å². The van der Waals surface area contributed by atoms with Gasteiger partial charge >= 0.3 is 5.69 Å². The lowest BCUT2D eigenvalue weighted by Crippen LogP contribution is -2.44. The summed E-state index contributed by atoms with van der Waals surface area (Å²) in [6, 6.07) is 5.34. The Bertz CT molecular complexity index is 1230. The number of ether oxygens (including phenoxy) is 2. The molecule has 4 aliphatic rings. The van der Waals surface area contributed by atoms with Gasteiger partial charge in [-0.3, -0.25) is 24.0 Å². The predicted octanol–water partition coefficient (Wildman–Crippen LogP) is 1.85. The van der Waals surface area contributed by atoms with E-state index in [9.17, 15) is 14.4 Å². The number of hydrogen-bond donors (Lipinski definition) is 2. The third-order valence-electron chi connectivity index (χ3n) is 8.83. The van der Waals surface area contributed by atoms with Gasteiger partial charge in [-0.15, -0.1) is 0 Å². The van der Waals surface area contributed by atoms with E-state index in [2.05, 4.69) is 15.5 Å². The van der Waals surface area contributed by atoms with E-state index < -0.39 is 11.9 Å². The Morgan fingerprint density at radius 2 is 1.68 bits per heavy atom. The molecule has 2 amide bonds. The van der Waals surface area contributed by atoms with Crippen LogP contribution in [0.3, 0.4) is 0 Å². The fraction of sp³-hybridized carbons (Fsp3) is 0.679. The fourth-order valence-corrected chi connectivity index (χ4v) is 6.46. The number of nitrogens with zero attached hydrogens (tertiary/aromatic N) is 3. The number of nitrogens with one attached hydrogen (secondary N) is 2. The standard InChI is InChI=1S/C28H39N5O5/c1-31-25-16-19(2-3-23(25)33(28(31)36)24-4-5-26(34)30-27(24)35)32-12-8-21(9-13-32)38-22-14-18(15-22)17-37-20-6-10-29-11-7-20/h2-3,16,18,20-22,24,29H,4-15,17H2,1H3,(H,30,34,35). The Balaban J connectivity index is 1.02. The summed E-state index contributed by atoms with van der Waals surface area (Å²) >= 11 is 0. The highest BCUT2D eigenvalue weighted by molar-refractivity contribution is 6.00. The predicted molar refractivity (Wildman–Crippen MR) is 143 cm³/mol. The van der Waals surface area contributed by atoms with E-state index in [0.717, 1.165) is 88.0 Å². The summed E-state index contributed by atoms with van der Waals surface area (Å²) in [5, 5.41) is 5.75. The van der Waals surface area contributed by atoms with Gasteiger partial charge in [0, 0.05) is 38.9 Å². The minimum absolute atomic E-state index is 0.237. The highest BCUT2D eigenvalue weighted by Crippen LogP contribution is 2.34. The zero-order valence-corrected chi connectivity index (χ0v) is 22.2. The van der Waals surface area contributed by atoms with Crippen molar-refractivity contribution in [2.75, 3.05) is 37.7 Å². The maximum atomic E-state index is 13.0. The molecule has 0 bridgehead atoms. The van der Waals surface area contributed by atoms with E-state index in [4.69, 9.17) is 9.47 Å². The first-order valence-electron chi connectivity index (χ1n) is 14.2. The maximum Gasteiger partial charge on any atom is 0.329 e. The van der Waals surface area contributed by atoms with Gasteiger partial charge in [-0.1, -0.05) is 0 Å². The van der Waals surface area contributed by atoms with Crippen molar-refractivity contribution in [2.24, 2.45) is 13.0 Å². The minimum atomic E-state index is -0.662. The second-order valence-electron chi connectivity index (χ2n) is 11.4. The third-order valence-corrected chi connectivity index (χ3v) is 8.83. The lowest BCUT2D eigenvalue weighted by atomic mass is 9.82. The SMILES string of the molecule is Cn1c(=O)n(C2CCC(=O)NC2=O)c2ccc(N3CCC(OC4CC(COC5CCNCC5)C4)CC3)cc21. The number of imide groups is 1. The molecule has 2 aromatic rings. The summed E-state index contributed by atoms with van der Waals surface area (Å²) in [4.78, 5) is 39.4. The number of benzene rings is 1. The Hall–Kier alpha value is -2.69. The van der Waals surface area contributed by atoms with Gasteiger partial charge in [-0.2, -0.15) is 0 Å². The molecule has 10 nitrogen and oxygen atoms in total. The van der Waals surface area contributed by atoms with Crippen molar-refractivity contribution in [3.63, 3.8) is 0 Å². The van der Waals surface area contributed by atoms with Gasteiger partial charge in [0.2, 0.25) is 11.8 Å². The van der Waals surface area contributed by atoms with Crippen LogP contribution in [0.1, 0.15) is 57.4 Å². The van der Waals surface area contributed by atoms with Gasteiger partial charge in [-0.05, 0) is 82.2 Å². The van der Waals surface area contributed by atoms with Crippen LogP contribution in [-0.4, -0.2) is 72.0 Å². The lowest BCUT2D eigenvalue weighted by Gasteiger charge is -2.41. The highest BCUT2D eigenvalue weighted by atomic mass is 16.5. The van der Waals surface area contributed by atoms with E-state index in [-0.39, 0.29) is 18.0 Å². The number of hydrogen-bond acceptors (Lipinski definition) is 7. The number of imidazole rings is 1. The first-order chi connectivity index (χ1) is 18.5. The van der Waals surface area contributed by atoms with Crippen LogP contribution >= 0.6 is 0 Å². The molecule has 2 N–H and O–H groups in total. The Morgan fingerprint density at radius 3 is 2.42 bits per heavy atom. The zero-order valence-electron chi connectivity index (χ0n) is 22.2. The molecule has 1 aliphatic carbocycles. The normalized spacial score (nSPS) is 27.5. The Morgan fingerprint density at radius 1 is 0.921 bits per heavy atom. The molecule has 38 heavy (non-hydrogen) atoms. The number of aromatic nitrogens is 2. The first-order valence-corrected chi connectivity index (χ1v) is 14.2. The van der Waals surface area contributed by atoms with Gasteiger partial charge in [0.1, 0.15) is 6.04 Å². The molecular formula is C28H39N5O5. The number of fused-ring (bicyclic) bond motifs is 1. The largest absolute Gasteiger partial charge is 0.378 e. The monoisotopic (exact) mass is 525 g/mol. The van der Waals surface area contributed by atoms with E-state index in [0.29, 0.717) is 30.7 Å². The van der Waals surface area contributed by atoms with E-state index >= 15 is 0 Å². The van der Waals surface area contributed by atoms with Crippen molar-refractivity contribution in [1.29, 1.82) is 0 Å². The summed E-state index contributed by atoms with van der Waals surface area (Å²) in [6.07, 6.45) is 8.12. The van der Waals surface area contributed by atoms with Crippen molar-refractivity contribution in [3.8, 4) is 0 Å². The summed E-state index contributed by atoms with van der Waals surface area (Å²) in [5.41, 5.74) is 2.35. The molecular weight excluding hydrogens is 486 g/mol. The summed E-state index contributed by atoms with van der Waals surface area (Å²) in [7, 11) is 1.74. The van der Waals surface area contributed by atoms with Crippen LogP contribution in [0.4, 0.5) is 5.69 Å². The molecule has 4 fully saturated rings. The first kappa shape index (κ1) is 25.6. The van der Waals surface area contributed by atoms with Gasteiger partial charge in [-0.25, -0.2) is 4.79 Å². The topological polar surface area (TPSA) is 107 Å². The highest BCUT2D eigenvalue weighted by Gasteiger charge is 2.34. The lowest BCUT2D eigenvalue weighted by molar-refractivity contribution is -0.135. The molecule has 1 aromatic carbocycles. The van der Waals surface area contributed by atoms with Gasteiger partial charge < -0.3 is 19.7 Å². The number of aryl methyl sites for hydroxylation is 1. The molecule has 1 aromatic heterocycles. The van der Waals surface area contributed by atoms with Crippen LogP contribution in [0.2, 0.25) is 0 Å². The molecule has 3 saturated heterocycles. The molecule has 6 rings (SSSR count). The smallest absolute Gasteiger partial charge is 0.329 e. The fourth-order valence-electron chi connectivity index (χ4n) is 6.46. The number of rotatable bonds is 7. The van der Waals surface area contributed by atoms with E-state index in [1.54, 1.807) is 11.6 Å². The molecule has 10 heteroatoms. The molecule has 1 saturated carbocycles. The second-order valence-corrected chi connectivity index (χ2v) is 11.4. The second kappa shape index (κ2) is 10.8. The molecule has 1 unspecified atom stereocenters. The number of piperidine rings is 3. The number of carbonyl (C=O) groups is 2. The number of carbonyl (C=O) groups excluding carboxylic acids is 2. The van der Waals surface area contributed by atoms with Crippen LogP contribution in [0, 0.1) is 5.92 Å². The molecule has 206 valence electrons. The van der Waals surface area contributed by atoms with Crippen molar-refractivity contribution < 1.29 is 19.1 Å². The summed E-state index contributed by atoms with van der Waals surface area (Å²) < 4.78 is 15.7. The van der Waals surface area contributed by atoms with E-state index in [1.807, 2.05) is 18.2 Å². The summed E-state index contributed by atoms with van der Waals surface area (Å²) in [5.74, 6) is -0.0529. The van der Waals surface area contributed by atoms with Crippen LogP contribution in [0.15, 0.2) is 23.0 Å². The molecule has 0 spiro atoms. The molecule has 3 aliphatic heterocycles. The zero-order chi connectivity index (χ0) is 26.2. The molecule has 1 atom stereocenters. The molecule has 0 radical (unpaired) electrons. The average Bonchev–Trinajstić information content (AvgIpc) is 3.15. The van der Waals surface area contributed by atoms with Crippen molar-refractivity contribution in [2.45, 2.75) is 75.7 Å².